The van der Waals surface area contributed by atoms with Crippen molar-refractivity contribution in [3.8, 4) is 0 Å². The molecule has 2 aromatic carbocycles. The summed E-state index contributed by atoms with van der Waals surface area (Å²) in [5.41, 5.74) is 5.77. The molecule has 2 atom stereocenters. The number of aromatic nitrogens is 4. The second-order valence-electron chi connectivity index (χ2n) is 11.6. The Morgan fingerprint density at radius 2 is 1.27 bits per heavy atom. The van der Waals surface area contributed by atoms with E-state index in [9.17, 15) is 9.59 Å². The van der Waals surface area contributed by atoms with Gasteiger partial charge >= 0.3 is 0 Å². The topological polar surface area (TPSA) is 169 Å². The quantitative estimate of drug-likeness (QED) is 0.162. The highest BCUT2D eigenvalue weighted by Gasteiger charge is 2.27. The van der Waals surface area contributed by atoms with Crippen molar-refractivity contribution in [2.24, 2.45) is 0 Å². The molecule has 2 heterocycles. The first kappa shape index (κ1) is 30.6. The molecule has 0 unspecified atom stereocenters. The molecule has 0 aliphatic heterocycles. The van der Waals surface area contributed by atoms with Crippen LogP contribution in [0.5, 0.6) is 0 Å². The summed E-state index contributed by atoms with van der Waals surface area (Å²) in [4.78, 5) is 25.1. The number of nitrogens with zero attached hydrogens (tertiary/aromatic N) is 4. The van der Waals surface area contributed by atoms with Crippen LogP contribution in [0.4, 0.5) is 11.6 Å². The molecule has 2 aromatic heterocycles. The lowest BCUT2D eigenvalue weighted by Crippen LogP contribution is -2.18. The van der Waals surface area contributed by atoms with Gasteiger partial charge in [-0.05, 0) is 90.6 Å². The smallest absolute Gasteiger partial charge is 0.229 e. The molecule has 10 nitrogen and oxygen atoms in total. The lowest BCUT2D eigenvalue weighted by atomic mass is 9.78. The Labute approximate surface area is 257 Å². The Bertz CT molecular complexity index is 1600. The highest BCUT2D eigenvalue weighted by molar-refractivity contribution is 5.92. The first-order valence-corrected chi connectivity index (χ1v) is 15.0. The number of amides is 2. The van der Waals surface area contributed by atoms with E-state index in [-0.39, 0.29) is 36.2 Å². The van der Waals surface area contributed by atoms with Crippen LogP contribution >= 0.6 is 0 Å². The van der Waals surface area contributed by atoms with Gasteiger partial charge in [0.25, 0.3) is 0 Å². The van der Waals surface area contributed by atoms with E-state index in [2.05, 4.69) is 43.2 Å². The van der Waals surface area contributed by atoms with Gasteiger partial charge in [-0.25, -0.2) is 0 Å². The molecule has 0 saturated heterocycles. The monoisotopic (exact) mass is 590 g/mol. The summed E-state index contributed by atoms with van der Waals surface area (Å²) in [5.74, 6) is 1.76. The molecule has 2 saturated carbocycles. The first-order chi connectivity index (χ1) is 21.0. The van der Waals surface area contributed by atoms with Gasteiger partial charge in [0, 0.05) is 18.1 Å². The number of rotatable bonds is 10. The Kier molecular flexibility index (Phi) is 9.81. The molecule has 2 aliphatic rings. The number of carbonyl (C=O) groups excluding carboxylic acids is 2. The summed E-state index contributed by atoms with van der Waals surface area (Å²) in [6, 6.07) is 23.2. The molecule has 0 bridgehead atoms. The predicted octanol–water partition coefficient (Wildman–Crippen LogP) is 6.11. The standard InChI is InChI=1S/C34H35N7O2.H3N/c35-21-24-6-1-4-22(16-24)18-33(42)36-31-14-12-29(38-40-31)27-8-3-9-28(20-27)30-13-15-32(41-39-30)37-34(43)19-23-5-2-7-26(17-23)25-10-11-25;/h1-2,4-7,12-17,21,25,27-28,35H,3,8-11,18-20H2,(H,36,40,42)(H,37,41,43);1H3/t27-,28-;/m0./s1. The third-order valence-electron chi connectivity index (χ3n) is 8.26. The number of carbonyl (C=O) groups is 2. The second-order valence-corrected chi connectivity index (χ2v) is 11.6. The van der Waals surface area contributed by atoms with Crippen molar-refractivity contribution in [1.29, 1.82) is 5.41 Å². The van der Waals surface area contributed by atoms with E-state index < -0.39 is 0 Å². The zero-order chi connectivity index (χ0) is 29.6. The number of nitrogens with one attached hydrogen (secondary N) is 3. The van der Waals surface area contributed by atoms with Gasteiger partial charge in [0.15, 0.2) is 11.6 Å². The van der Waals surface area contributed by atoms with Crippen LogP contribution in [0.1, 0.15) is 89.9 Å². The molecule has 4 aromatic rings. The minimum atomic E-state index is -0.178. The maximum atomic E-state index is 12.6. The first-order valence-electron chi connectivity index (χ1n) is 15.0. The average Bonchev–Trinajstić information content (AvgIpc) is 3.88. The molecule has 2 aliphatic carbocycles. The van der Waals surface area contributed by atoms with Crippen LogP contribution < -0.4 is 16.8 Å². The van der Waals surface area contributed by atoms with Crippen LogP contribution in [0.25, 0.3) is 0 Å². The van der Waals surface area contributed by atoms with Crippen molar-refractivity contribution in [3.63, 3.8) is 0 Å². The molecule has 44 heavy (non-hydrogen) atoms. The average molecular weight is 591 g/mol. The van der Waals surface area contributed by atoms with Crippen molar-refractivity contribution < 1.29 is 9.59 Å². The van der Waals surface area contributed by atoms with Crippen LogP contribution in [-0.4, -0.2) is 38.4 Å². The number of hydrogen-bond donors (Lipinski definition) is 4. The fraction of sp³-hybridized carbons (Fsp3) is 0.324. The second kappa shape index (κ2) is 14.1. The van der Waals surface area contributed by atoms with Gasteiger partial charge in [-0.15, -0.1) is 10.2 Å². The molecular formula is C34H38N8O2. The molecule has 0 radical (unpaired) electrons. The van der Waals surface area contributed by atoms with Crippen LogP contribution in [0.15, 0.2) is 72.8 Å². The molecule has 226 valence electrons. The predicted molar refractivity (Wildman–Crippen MR) is 170 cm³/mol. The maximum absolute atomic E-state index is 12.6. The minimum Gasteiger partial charge on any atom is -0.344 e. The van der Waals surface area contributed by atoms with Crippen LogP contribution in [-0.2, 0) is 22.4 Å². The van der Waals surface area contributed by atoms with Gasteiger partial charge in [0.2, 0.25) is 11.8 Å². The normalized spacial score (nSPS) is 17.6. The van der Waals surface area contributed by atoms with E-state index >= 15 is 0 Å². The summed E-state index contributed by atoms with van der Waals surface area (Å²) in [6.07, 6.45) is 8.24. The van der Waals surface area contributed by atoms with E-state index in [0.29, 0.717) is 24.0 Å². The number of hydrogen-bond acceptors (Lipinski definition) is 8. The van der Waals surface area contributed by atoms with Gasteiger partial charge in [0.1, 0.15) is 0 Å². The van der Waals surface area contributed by atoms with Crippen molar-refractivity contribution in [3.05, 3.63) is 106 Å². The van der Waals surface area contributed by atoms with Crippen molar-refractivity contribution in [2.45, 2.75) is 69.1 Å². The van der Waals surface area contributed by atoms with Gasteiger partial charge in [-0.2, -0.15) is 10.2 Å². The molecule has 0 spiro atoms. The summed E-state index contributed by atoms with van der Waals surface area (Å²) in [6.45, 7) is 0. The molecule has 6 rings (SSSR count). The Balaban J connectivity index is 0.00000384. The Hall–Kier alpha value is -4.83. The third-order valence-corrected chi connectivity index (χ3v) is 8.26. The zero-order valence-corrected chi connectivity index (χ0v) is 24.7. The van der Waals surface area contributed by atoms with Gasteiger partial charge < -0.3 is 22.2 Å². The highest BCUT2D eigenvalue weighted by atomic mass is 16.2. The van der Waals surface area contributed by atoms with E-state index in [1.807, 2.05) is 54.6 Å². The van der Waals surface area contributed by atoms with E-state index in [1.54, 1.807) is 6.07 Å². The summed E-state index contributed by atoms with van der Waals surface area (Å²) >= 11 is 0. The summed E-state index contributed by atoms with van der Waals surface area (Å²) in [7, 11) is 0. The number of benzene rings is 2. The van der Waals surface area contributed by atoms with Gasteiger partial charge in [-0.3, -0.25) is 9.59 Å². The van der Waals surface area contributed by atoms with Crippen molar-refractivity contribution >= 4 is 29.7 Å². The van der Waals surface area contributed by atoms with Crippen LogP contribution in [0.3, 0.4) is 0 Å². The van der Waals surface area contributed by atoms with Crippen molar-refractivity contribution in [1.82, 2.24) is 26.5 Å². The van der Waals surface area contributed by atoms with Gasteiger partial charge in [0.05, 0.1) is 24.2 Å². The lowest BCUT2D eigenvalue weighted by Gasteiger charge is -2.28. The highest BCUT2D eigenvalue weighted by Crippen LogP contribution is 2.41. The maximum Gasteiger partial charge on any atom is 0.229 e. The third kappa shape index (κ3) is 7.96. The number of anilines is 2. The molecule has 6 N–H and O–H groups in total. The van der Waals surface area contributed by atoms with Gasteiger partial charge in [-0.1, -0.05) is 48.9 Å². The minimum absolute atomic E-state index is 0. The Morgan fingerprint density at radius 3 is 1.80 bits per heavy atom. The molecule has 10 heteroatoms. The molecule has 2 amide bonds. The zero-order valence-electron chi connectivity index (χ0n) is 24.7. The SMILES string of the molecule is N.N=Cc1cccc(CC(=O)Nc2ccc([C@H]3CCC[C@H](c4ccc(NC(=O)Cc5cccc(C6CC6)c5)nn4)C3)nn2)c1. The van der Waals surface area contributed by atoms with E-state index in [0.717, 1.165) is 53.8 Å². The summed E-state index contributed by atoms with van der Waals surface area (Å²) in [5, 5.41) is 30.6. The summed E-state index contributed by atoms with van der Waals surface area (Å²) < 4.78 is 0. The largest absolute Gasteiger partial charge is 0.344 e. The van der Waals surface area contributed by atoms with E-state index in [4.69, 9.17) is 5.41 Å². The van der Waals surface area contributed by atoms with Crippen LogP contribution in [0, 0.1) is 5.41 Å². The van der Waals surface area contributed by atoms with Crippen LogP contribution in [0.2, 0.25) is 0 Å². The van der Waals surface area contributed by atoms with Crippen molar-refractivity contribution in [2.75, 3.05) is 10.6 Å². The lowest BCUT2D eigenvalue weighted by molar-refractivity contribution is -0.116. The Morgan fingerprint density at radius 1 is 0.705 bits per heavy atom. The van der Waals surface area contributed by atoms with E-state index in [1.165, 1.54) is 24.6 Å². The molecular weight excluding hydrogens is 552 g/mol. The fourth-order valence-corrected chi connectivity index (χ4v) is 5.89. The fourth-order valence-electron chi connectivity index (χ4n) is 5.89. The molecule has 2 fully saturated rings.